The number of aromatic nitrogens is 2. The molecule has 2 aromatic carbocycles. The third-order valence-electron chi connectivity index (χ3n) is 7.02. The first-order valence-electron chi connectivity index (χ1n) is 11.4. The maximum absolute atomic E-state index is 13.5. The molecular formula is C25H32N4O3S. The zero-order valence-corrected chi connectivity index (χ0v) is 20.8. The Morgan fingerprint density at radius 2 is 1.67 bits per heavy atom. The Morgan fingerprint density at radius 1 is 1.06 bits per heavy atom. The molecule has 0 radical (unpaired) electrons. The average Bonchev–Trinajstić information content (AvgIpc) is 3.12. The lowest BCUT2D eigenvalue weighted by atomic mass is 9.97. The number of hydrogen-bond acceptors (Lipinski definition) is 4. The number of amides is 1. The molecule has 0 spiro atoms. The van der Waals surface area contributed by atoms with Crippen molar-refractivity contribution in [2.75, 3.05) is 13.1 Å². The fraction of sp³-hybridized carbons (Fsp3) is 0.440. The molecule has 1 amide bonds. The van der Waals surface area contributed by atoms with E-state index in [1.807, 2.05) is 69.6 Å². The summed E-state index contributed by atoms with van der Waals surface area (Å²) in [4.78, 5) is 17.8. The lowest BCUT2D eigenvalue weighted by Gasteiger charge is -2.31. The fourth-order valence-corrected chi connectivity index (χ4v) is 6.76. The maximum Gasteiger partial charge on any atom is 0.243 e. The van der Waals surface area contributed by atoms with Crippen LogP contribution in [0.15, 0.2) is 35.2 Å². The molecule has 8 heteroatoms. The molecule has 7 nitrogen and oxygen atoms in total. The molecule has 3 aromatic rings. The van der Waals surface area contributed by atoms with Gasteiger partial charge in [0.25, 0.3) is 0 Å². The molecule has 1 N–H and O–H groups in total. The maximum atomic E-state index is 13.5. The summed E-state index contributed by atoms with van der Waals surface area (Å²) in [5, 5.41) is 3.00. The van der Waals surface area contributed by atoms with E-state index in [-0.39, 0.29) is 11.8 Å². The second-order valence-electron chi connectivity index (χ2n) is 9.06. The number of para-hydroxylation sites is 2. The van der Waals surface area contributed by atoms with Crippen LogP contribution in [0, 0.1) is 33.6 Å². The van der Waals surface area contributed by atoms with Gasteiger partial charge >= 0.3 is 0 Å². The molecule has 2 heterocycles. The van der Waals surface area contributed by atoms with Crippen molar-refractivity contribution in [2.24, 2.45) is 13.0 Å². The minimum Gasteiger partial charge on any atom is -0.349 e. The second kappa shape index (κ2) is 8.91. The van der Waals surface area contributed by atoms with Crippen LogP contribution in [-0.4, -0.2) is 41.3 Å². The van der Waals surface area contributed by atoms with Crippen molar-refractivity contribution in [3.05, 3.63) is 58.4 Å². The van der Waals surface area contributed by atoms with Gasteiger partial charge < -0.3 is 9.88 Å². The Balaban J connectivity index is 1.41. The van der Waals surface area contributed by atoms with E-state index in [1.165, 1.54) is 4.31 Å². The predicted octanol–water partition coefficient (Wildman–Crippen LogP) is 3.52. The highest BCUT2D eigenvalue weighted by molar-refractivity contribution is 7.89. The SMILES string of the molecule is Cc1cc(C)c(C)c(S(=O)(=O)N2CCC(C(=O)NCc3nc4ccccc4n3C)CC2)c1C. The van der Waals surface area contributed by atoms with Gasteiger partial charge in [0.2, 0.25) is 15.9 Å². The summed E-state index contributed by atoms with van der Waals surface area (Å²) in [6.45, 7) is 8.68. The summed E-state index contributed by atoms with van der Waals surface area (Å²) in [6, 6.07) is 9.90. The average molecular weight is 469 g/mol. The van der Waals surface area contributed by atoms with Crippen LogP contribution in [0.25, 0.3) is 11.0 Å². The zero-order chi connectivity index (χ0) is 23.9. The number of benzene rings is 2. The van der Waals surface area contributed by atoms with Gasteiger partial charge in [-0.25, -0.2) is 13.4 Å². The van der Waals surface area contributed by atoms with E-state index in [4.69, 9.17) is 0 Å². The zero-order valence-electron chi connectivity index (χ0n) is 20.0. The molecule has 0 unspecified atom stereocenters. The Kier molecular flexibility index (Phi) is 6.33. The summed E-state index contributed by atoms with van der Waals surface area (Å²) >= 11 is 0. The normalized spacial score (nSPS) is 15.8. The monoisotopic (exact) mass is 468 g/mol. The molecule has 1 aromatic heterocycles. The first-order chi connectivity index (χ1) is 15.6. The third kappa shape index (κ3) is 4.29. The van der Waals surface area contributed by atoms with Crippen LogP contribution < -0.4 is 5.32 Å². The number of carbonyl (C=O) groups excluding carboxylic acids is 1. The van der Waals surface area contributed by atoms with E-state index < -0.39 is 10.0 Å². The van der Waals surface area contributed by atoms with Crippen LogP contribution in [0.3, 0.4) is 0 Å². The number of nitrogens with zero attached hydrogens (tertiary/aromatic N) is 3. The van der Waals surface area contributed by atoms with E-state index >= 15 is 0 Å². The molecule has 1 fully saturated rings. The summed E-state index contributed by atoms with van der Waals surface area (Å²) in [7, 11) is -1.66. The van der Waals surface area contributed by atoms with E-state index in [0.717, 1.165) is 39.1 Å². The Labute approximate surface area is 195 Å². The first kappa shape index (κ1) is 23.4. The standard InChI is InChI=1S/C25H32N4O3S/c1-16-14-17(2)19(4)24(18(16)3)33(31,32)29-12-10-20(11-13-29)25(30)26-15-23-27-21-8-6-7-9-22(21)28(23)5/h6-9,14,20H,10-13,15H2,1-5H3,(H,26,30). The molecule has 0 aliphatic carbocycles. The highest BCUT2D eigenvalue weighted by Gasteiger charge is 2.34. The van der Waals surface area contributed by atoms with Gasteiger partial charge in [0, 0.05) is 26.1 Å². The van der Waals surface area contributed by atoms with Crippen molar-refractivity contribution in [3.8, 4) is 0 Å². The molecule has 4 rings (SSSR count). The molecule has 33 heavy (non-hydrogen) atoms. The molecule has 176 valence electrons. The molecule has 1 aliphatic rings. The number of rotatable bonds is 5. The van der Waals surface area contributed by atoms with E-state index in [2.05, 4.69) is 10.3 Å². The molecular weight excluding hydrogens is 436 g/mol. The van der Waals surface area contributed by atoms with Gasteiger partial charge in [0.05, 0.1) is 22.5 Å². The van der Waals surface area contributed by atoms with Crippen LogP contribution in [0.4, 0.5) is 0 Å². The Hall–Kier alpha value is -2.71. The van der Waals surface area contributed by atoms with Crippen molar-refractivity contribution in [1.29, 1.82) is 0 Å². The van der Waals surface area contributed by atoms with E-state index in [9.17, 15) is 13.2 Å². The number of nitrogens with one attached hydrogen (secondary N) is 1. The van der Waals surface area contributed by atoms with Crippen LogP contribution in [0.2, 0.25) is 0 Å². The second-order valence-corrected chi connectivity index (χ2v) is 10.9. The van der Waals surface area contributed by atoms with Crippen molar-refractivity contribution in [3.63, 3.8) is 0 Å². The lowest BCUT2D eigenvalue weighted by molar-refractivity contribution is -0.126. The van der Waals surface area contributed by atoms with Gasteiger partial charge in [-0.05, 0) is 74.9 Å². The predicted molar refractivity (Wildman–Crippen MR) is 129 cm³/mol. The van der Waals surface area contributed by atoms with Crippen molar-refractivity contribution >= 4 is 27.0 Å². The van der Waals surface area contributed by atoms with Crippen LogP contribution >= 0.6 is 0 Å². The number of hydrogen-bond donors (Lipinski definition) is 1. The highest BCUT2D eigenvalue weighted by Crippen LogP contribution is 2.31. The molecule has 1 aliphatic heterocycles. The summed E-state index contributed by atoms with van der Waals surface area (Å²) in [5.41, 5.74) is 5.50. The molecule has 0 saturated carbocycles. The number of piperidine rings is 1. The van der Waals surface area contributed by atoms with Gasteiger partial charge in [-0.15, -0.1) is 0 Å². The smallest absolute Gasteiger partial charge is 0.243 e. The number of imidazole rings is 1. The van der Waals surface area contributed by atoms with E-state index in [1.54, 1.807) is 0 Å². The first-order valence-corrected chi connectivity index (χ1v) is 12.8. The minimum absolute atomic E-state index is 0.0436. The molecule has 0 bridgehead atoms. The number of carbonyl (C=O) groups is 1. The topological polar surface area (TPSA) is 84.3 Å². The van der Waals surface area contributed by atoms with E-state index in [0.29, 0.717) is 37.4 Å². The molecule has 1 saturated heterocycles. The Morgan fingerprint density at radius 3 is 2.27 bits per heavy atom. The van der Waals surface area contributed by atoms with Gasteiger partial charge in [-0.1, -0.05) is 18.2 Å². The number of sulfonamides is 1. The van der Waals surface area contributed by atoms with Crippen LogP contribution in [0.5, 0.6) is 0 Å². The van der Waals surface area contributed by atoms with Crippen LogP contribution in [-0.2, 0) is 28.4 Å². The number of aryl methyl sites for hydroxylation is 3. The summed E-state index contributed by atoms with van der Waals surface area (Å²) in [5.74, 6) is 0.552. The number of fused-ring (bicyclic) bond motifs is 1. The molecule has 0 atom stereocenters. The third-order valence-corrected chi connectivity index (χ3v) is 9.19. The quantitative estimate of drug-likeness (QED) is 0.621. The van der Waals surface area contributed by atoms with Crippen molar-refractivity contribution in [1.82, 2.24) is 19.2 Å². The fourth-order valence-electron chi connectivity index (χ4n) is 4.72. The largest absolute Gasteiger partial charge is 0.349 e. The van der Waals surface area contributed by atoms with Crippen LogP contribution in [0.1, 0.15) is 40.9 Å². The van der Waals surface area contributed by atoms with Gasteiger partial charge in [0.15, 0.2) is 0 Å². The van der Waals surface area contributed by atoms with Gasteiger partial charge in [0.1, 0.15) is 5.82 Å². The summed E-state index contributed by atoms with van der Waals surface area (Å²) < 4.78 is 30.4. The minimum atomic E-state index is -3.60. The van der Waals surface area contributed by atoms with Gasteiger partial charge in [-0.2, -0.15) is 4.31 Å². The highest BCUT2D eigenvalue weighted by atomic mass is 32.2. The Bertz CT molecular complexity index is 1290. The van der Waals surface area contributed by atoms with Crippen molar-refractivity contribution in [2.45, 2.75) is 52.0 Å². The summed E-state index contributed by atoms with van der Waals surface area (Å²) in [6.07, 6.45) is 1.02. The van der Waals surface area contributed by atoms with Gasteiger partial charge in [-0.3, -0.25) is 4.79 Å². The lowest BCUT2D eigenvalue weighted by Crippen LogP contribution is -2.43. The van der Waals surface area contributed by atoms with Crippen molar-refractivity contribution < 1.29 is 13.2 Å².